The maximum absolute atomic E-state index is 12.4. The lowest BCUT2D eigenvalue weighted by Gasteiger charge is -2.11. The van der Waals surface area contributed by atoms with Crippen LogP contribution in [-0.4, -0.2) is 20.1 Å². The van der Waals surface area contributed by atoms with E-state index in [0.29, 0.717) is 18.7 Å². The van der Waals surface area contributed by atoms with Crippen LogP contribution in [0.25, 0.3) is 6.08 Å². The number of amides is 1. The molecule has 2 aromatic rings. The molecule has 1 N–H and O–H groups in total. The molecule has 0 saturated carbocycles. The molecule has 2 rings (SSSR count). The number of nitrogens with one attached hydrogen (secondary N) is 1. The van der Waals surface area contributed by atoms with Crippen molar-refractivity contribution in [2.24, 2.45) is 0 Å². The first kappa shape index (κ1) is 21.3. The minimum Gasteiger partial charge on any atom is -0.497 e. The van der Waals surface area contributed by atoms with Crippen LogP contribution in [0.3, 0.4) is 0 Å². The smallest absolute Gasteiger partial charge is 0.262 e. The molecule has 0 spiro atoms. The fourth-order valence-corrected chi connectivity index (χ4v) is 3.31. The molecule has 0 heterocycles. The lowest BCUT2D eigenvalue weighted by molar-refractivity contribution is -0.117. The van der Waals surface area contributed by atoms with Crippen molar-refractivity contribution in [1.82, 2.24) is 5.32 Å². The Kier molecular flexibility index (Phi) is 7.85. The Morgan fingerprint density at radius 3 is 2.54 bits per heavy atom. The zero-order valence-electron chi connectivity index (χ0n) is 15.8. The van der Waals surface area contributed by atoms with Gasteiger partial charge >= 0.3 is 0 Å². The lowest BCUT2D eigenvalue weighted by atomic mass is 10.0. The highest BCUT2D eigenvalue weighted by Crippen LogP contribution is 2.32. The van der Waals surface area contributed by atoms with Gasteiger partial charge in [0.15, 0.2) is 0 Å². The minimum atomic E-state index is -0.435. The third kappa shape index (κ3) is 5.48. The number of carbonyl (C=O) groups excluding carboxylic acids is 1. The third-order valence-corrected chi connectivity index (χ3v) is 4.59. The van der Waals surface area contributed by atoms with Crippen LogP contribution in [0.4, 0.5) is 0 Å². The molecule has 0 unspecified atom stereocenters. The molecule has 5 nitrogen and oxygen atoms in total. The molecular formula is C22H21BrN2O3. The van der Waals surface area contributed by atoms with E-state index < -0.39 is 5.91 Å². The lowest BCUT2D eigenvalue weighted by Crippen LogP contribution is -2.23. The monoisotopic (exact) mass is 440 g/mol. The summed E-state index contributed by atoms with van der Waals surface area (Å²) in [5.74, 6) is 1.02. The average Bonchev–Trinajstić information content (AvgIpc) is 2.70. The summed E-state index contributed by atoms with van der Waals surface area (Å²) in [6.07, 6.45) is 3.93. The number of methoxy groups -OCH3 is 2. The maximum atomic E-state index is 12.4. The van der Waals surface area contributed by atoms with Gasteiger partial charge in [0.2, 0.25) is 0 Å². The molecule has 0 fully saturated rings. The van der Waals surface area contributed by atoms with Gasteiger partial charge in [-0.05, 0) is 69.4 Å². The van der Waals surface area contributed by atoms with Crippen LogP contribution in [0.15, 0.2) is 59.1 Å². The number of nitrogens with zero attached hydrogens (tertiary/aromatic N) is 1. The number of hydrogen-bond donors (Lipinski definition) is 1. The zero-order chi connectivity index (χ0) is 20.5. The molecule has 0 aromatic heterocycles. The van der Waals surface area contributed by atoms with Gasteiger partial charge in [-0.15, -0.1) is 6.58 Å². The van der Waals surface area contributed by atoms with Crippen molar-refractivity contribution in [3.8, 4) is 17.6 Å². The maximum Gasteiger partial charge on any atom is 0.262 e. The number of benzene rings is 2. The normalized spacial score (nSPS) is 10.7. The molecule has 144 valence electrons. The van der Waals surface area contributed by atoms with Gasteiger partial charge in [-0.25, -0.2) is 0 Å². The fraction of sp³-hybridized carbons (Fsp3) is 0.182. The van der Waals surface area contributed by atoms with Gasteiger partial charge in [0.25, 0.3) is 5.91 Å². The molecule has 1 amide bonds. The molecule has 0 atom stereocenters. The van der Waals surface area contributed by atoms with Crippen LogP contribution in [0.1, 0.15) is 16.7 Å². The molecule has 0 saturated heterocycles. The van der Waals surface area contributed by atoms with E-state index in [2.05, 4.69) is 27.8 Å². The Morgan fingerprint density at radius 1 is 1.25 bits per heavy atom. The Bertz CT molecular complexity index is 928. The summed E-state index contributed by atoms with van der Waals surface area (Å²) in [5, 5.41) is 12.2. The van der Waals surface area contributed by atoms with Crippen LogP contribution in [0.5, 0.6) is 11.5 Å². The predicted molar refractivity (Wildman–Crippen MR) is 113 cm³/mol. The SMILES string of the molecule is C=CCc1cc(/C=C(/C#N)C(=O)NCc2ccc(OC)cc2)cc(Br)c1OC. The highest BCUT2D eigenvalue weighted by atomic mass is 79.9. The van der Waals surface area contributed by atoms with Gasteiger partial charge in [-0.2, -0.15) is 5.26 Å². The fourth-order valence-electron chi connectivity index (χ4n) is 2.63. The van der Waals surface area contributed by atoms with E-state index >= 15 is 0 Å². The van der Waals surface area contributed by atoms with Crippen molar-refractivity contribution in [1.29, 1.82) is 5.26 Å². The summed E-state index contributed by atoms with van der Waals surface area (Å²) < 4.78 is 11.3. The van der Waals surface area contributed by atoms with Crippen LogP contribution in [0.2, 0.25) is 0 Å². The number of nitriles is 1. The largest absolute Gasteiger partial charge is 0.497 e. The van der Waals surface area contributed by atoms with Crippen molar-refractivity contribution >= 4 is 27.9 Å². The number of halogens is 1. The Balaban J connectivity index is 2.18. The summed E-state index contributed by atoms with van der Waals surface area (Å²) in [7, 11) is 3.19. The van der Waals surface area contributed by atoms with E-state index in [0.717, 1.165) is 26.9 Å². The quantitative estimate of drug-likeness (QED) is 0.374. The summed E-state index contributed by atoms with van der Waals surface area (Å²) >= 11 is 3.47. The molecule has 28 heavy (non-hydrogen) atoms. The van der Waals surface area contributed by atoms with Gasteiger partial charge in [0, 0.05) is 6.54 Å². The highest BCUT2D eigenvalue weighted by Gasteiger charge is 2.12. The first-order chi connectivity index (χ1) is 13.5. The number of allylic oxidation sites excluding steroid dienone is 1. The molecule has 0 bridgehead atoms. The number of rotatable bonds is 8. The van der Waals surface area contributed by atoms with Crippen molar-refractivity contribution in [3.05, 3.63) is 75.8 Å². The Morgan fingerprint density at radius 2 is 1.96 bits per heavy atom. The van der Waals surface area contributed by atoms with Gasteiger partial charge < -0.3 is 14.8 Å². The van der Waals surface area contributed by atoms with Crippen LogP contribution in [-0.2, 0) is 17.8 Å². The second-order valence-electron chi connectivity index (χ2n) is 5.89. The van der Waals surface area contributed by atoms with Gasteiger partial charge in [0.05, 0.1) is 18.7 Å². The van der Waals surface area contributed by atoms with E-state index in [9.17, 15) is 10.1 Å². The van der Waals surface area contributed by atoms with Crippen LogP contribution in [0, 0.1) is 11.3 Å². The van der Waals surface area contributed by atoms with E-state index in [-0.39, 0.29) is 5.57 Å². The van der Waals surface area contributed by atoms with Crippen LogP contribution < -0.4 is 14.8 Å². The topological polar surface area (TPSA) is 71.4 Å². The first-order valence-corrected chi connectivity index (χ1v) is 9.32. The molecule has 6 heteroatoms. The van der Waals surface area contributed by atoms with Crippen molar-refractivity contribution in [2.75, 3.05) is 14.2 Å². The highest BCUT2D eigenvalue weighted by molar-refractivity contribution is 9.10. The zero-order valence-corrected chi connectivity index (χ0v) is 17.4. The molecule has 0 aliphatic carbocycles. The number of ether oxygens (including phenoxy) is 2. The minimum absolute atomic E-state index is 0.0233. The van der Waals surface area contributed by atoms with Crippen molar-refractivity contribution < 1.29 is 14.3 Å². The van der Waals surface area contributed by atoms with Gasteiger partial charge in [-0.3, -0.25) is 4.79 Å². The number of hydrogen-bond acceptors (Lipinski definition) is 4. The van der Waals surface area contributed by atoms with Crippen molar-refractivity contribution in [3.63, 3.8) is 0 Å². The standard InChI is InChI=1S/C22H21BrN2O3/c1-4-5-17-10-16(12-20(23)21(17)28-3)11-18(13-24)22(26)25-14-15-6-8-19(27-2)9-7-15/h4,6-12H,1,5,14H2,2-3H3,(H,25,26)/b18-11-. The molecule has 0 radical (unpaired) electrons. The number of carbonyl (C=O) groups is 1. The van der Waals surface area contributed by atoms with Gasteiger partial charge in [0.1, 0.15) is 23.1 Å². The predicted octanol–water partition coefficient (Wildman–Crippen LogP) is 4.42. The molecule has 2 aromatic carbocycles. The second kappa shape index (κ2) is 10.3. The Hall–Kier alpha value is -3.04. The molecule has 0 aliphatic heterocycles. The summed E-state index contributed by atoms with van der Waals surface area (Å²) in [6, 6.07) is 13.0. The van der Waals surface area contributed by atoms with Crippen LogP contribution >= 0.6 is 15.9 Å². The van der Waals surface area contributed by atoms with E-state index in [1.54, 1.807) is 32.4 Å². The summed E-state index contributed by atoms with van der Waals surface area (Å²) in [4.78, 5) is 12.4. The second-order valence-corrected chi connectivity index (χ2v) is 6.74. The summed E-state index contributed by atoms with van der Waals surface area (Å²) in [5.41, 5.74) is 2.57. The first-order valence-electron chi connectivity index (χ1n) is 8.52. The Labute approximate surface area is 173 Å². The van der Waals surface area contributed by atoms with E-state index in [4.69, 9.17) is 9.47 Å². The van der Waals surface area contributed by atoms with E-state index in [1.807, 2.05) is 36.4 Å². The average molecular weight is 441 g/mol. The third-order valence-electron chi connectivity index (χ3n) is 4.00. The molecule has 0 aliphatic rings. The van der Waals surface area contributed by atoms with Crippen molar-refractivity contribution in [2.45, 2.75) is 13.0 Å². The summed E-state index contributed by atoms with van der Waals surface area (Å²) in [6.45, 7) is 4.06. The van der Waals surface area contributed by atoms with Gasteiger partial charge in [-0.1, -0.05) is 18.2 Å². The van der Waals surface area contributed by atoms with E-state index in [1.165, 1.54) is 0 Å². The molecular weight excluding hydrogens is 420 g/mol.